The molecule has 36 heavy (non-hydrogen) atoms. The summed E-state index contributed by atoms with van der Waals surface area (Å²) in [5.74, 6) is 1.98. The number of hydrogen-bond donors (Lipinski definition) is 2. The number of alkyl halides is 1. The normalized spacial score (nSPS) is 20.6. The summed E-state index contributed by atoms with van der Waals surface area (Å²) in [7, 11) is 0. The third kappa shape index (κ3) is 4.91. The zero-order valence-electron chi connectivity index (χ0n) is 20.7. The van der Waals surface area contributed by atoms with Crippen molar-refractivity contribution in [1.82, 2.24) is 4.90 Å². The van der Waals surface area contributed by atoms with Crippen LogP contribution in [0.3, 0.4) is 0 Å². The molecule has 0 aliphatic carbocycles. The molecule has 3 atom stereocenters. The lowest BCUT2D eigenvalue weighted by atomic mass is 9.86. The summed E-state index contributed by atoms with van der Waals surface area (Å²) in [6.07, 6.45) is 0.521. The number of phenols is 2. The van der Waals surface area contributed by atoms with Crippen molar-refractivity contribution in [2.45, 2.75) is 32.4 Å². The number of phenolic OH excluding ortho intramolecular Hbond substituents is 2. The number of nitrogens with zero attached hydrogens (tertiary/aromatic N) is 1. The minimum Gasteiger partial charge on any atom is -0.508 e. The molecule has 0 radical (unpaired) electrons. The first-order valence-electron chi connectivity index (χ1n) is 12.5. The Hall–Kier alpha value is -3.51. The lowest BCUT2D eigenvalue weighted by molar-refractivity contribution is 0.165. The summed E-state index contributed by atoms with van der Waals surface area (Å²) < 4.78 is 25.5. The van der Waals surface area contributed by atoms with Gasteiger partial charge in [-0.1, -0.05) is 24.3 Å². The molecule has 3 aromatic rings. The fourth-order valence-electron chi connectivity index (χ4n) is 5.17. The summed E-state index contributed by atoms with van der Waals surface area (Å²) >= 11 is 0. The van der Waals surface area contributed by atoms with Gasteiger partial charge in [-0.25, -0.2) is 0 Å². The molecule has 2 unspecified atom stereocenters. The average Bonchev–Trinajstić information content (AvgIpc) is 3.37. The second kappa shape index (κ2) is 10.2. The van der Waals surface area contributed by atoms with Crippen LogP contribution in [0, 0.1) is 5.92 Å². The van der Waals surface area contributed by atoms with Crippen LogP contribution in [0.1, 0.15) is 43.1 Å². The summed E-state index contributed by atoms with van der Waals surface area (Å²) in [5, 5.41) is 20.2. The molecule has 2 aliphatic heterocycles. The number of fused-ring (bicyclic) bond motifs is 1. The zero-order valence-corrected chi connectivity index (χ0v) is 20.7. The average molecular weight is 490 g/mol. The third-order valence-electron chi connectivity index (χ3n) is 7.27. The van der Waals surface area contributed by atoms with Gasteiger partial charge in [0.25, 0.3) is 0 Å². The lowest BCUT2D eigenvalue weighted by Crippen LogP contribution is -2.35. The summed E-state index contributed by atoms with van der Waals surface area (Å²) in [5.41, 5.74) is 4.56. The molecular weight excluding hydrogens is 457 g/mol. The molecular formula is C30H32FNO4. The van der Waals surface area contributed by atoms with Crippen LogP contribution in [0.25, 0.3) is 11.1 Å². The first-order chi connectivity index (χ1) is 17.4. The predicted octanol–water partition coefficient (Wildman–Crippen LogP) is 6.22. The van der Waals surface area contributed by atoms with Crippen LogP contribution in [0.4, 0.5) is 4.39 Å². The van der Waals surface area contributed by atoms with Crippen LogP contribution in [-0.4, -0.2) is 47.5 Å². The molecule has 0 aromatic heterocycles. The van der Waals surface area contributed by atoms with Crippen LogP contribution < -0.4 is 9.47 Å². The van der Waals surface area contributed by atoms with Gasteiger partial charge in [0.05, 0.1) is 6.67 Å². The van der Waals surface area contributed by atoms with Crippen molar-refractivity contribution in [2.24, 2.45) is 5.92 Å². The Morgan fingerprint density at radius 3 is 2.56 bits per heavy atom. The van der Waals surface area contributed by atoms with E-state index in [4.69, 9.17) is 9.47 Å². The summed E-state index contributed by atoms with van der Waals surface area (Å²) in [6.45, 7) is 6.14. The molecule has 2 aliphatic rings. The maximum atomic E-state index is 13.0. The molecule has 0 spiro atoms. The van der Waals surface area contributed by atoms with Crippen molar-refractivity contribution in [3.8, 4) is 23.0 Å². The van der Waals surface area contributed by atoms with E-state index in [1.54, 1.807) is 30.3 Å². The summed E-state index contributed by atoms with van der Waals surface area (Å²) in [6, 6.07) is 20.4. The Bertz CT molecular complexity index is 1260. The van der Waals surface area contributed by atoms with E-state index in [-0.39, 0.29) is 36.2 Å². The van der Waals surface area contributed by atoms with E-state index < -0.39 is 0 Å². The number of ether oxygens (including phenoxy) is 2. The molecule has 1 saturated heterocycles. The maximum Gasteiger partial charge on any atom is 0.150 e. The number of benzene rings is 3. The highest BCUT2D eigenvalue weighted by molar-refractivity contribution is 5.95. The lowest BCUT2D eigenvalue weighted by Gasteiger charge is -2.31. The number of aromatic hydroxyl groups is 2. The fraction of sp³-hybridized carbons (Fsp3) is 0.333. The van der Waals surface area contributed by atoms with Gasteiger partial charge >= 0.3 is 0 Å². The molecule has 0 saturated carbocycles. The Morgan fingerprint density at radius 1 is 1.06 bits per heavy atom. The van der Waals surface area contributed by atoms with E-state index in [2.05, 4.69) is 11.8 Å². The van der Waals surface area contributed by atoms with Gasteiger partial charge in [-0.2, -0.15) is 0 Å². The van der Waals surface area contributed by atoms with E-state index in [9.17, 15) is 14.6 Å². The van der Waals surface area contributed by atoms with Crippen LogP contribution in [-0.2, 0) is 0 Å². The first-order valence-corrected chi connectivity index (χ1v) is 12.5. The highest BCUT2D eigenvalue weighted by Crippen LogP contribution is 2.47. The monoisotopic (exact) mass is 489 g/mol. The minimum absolute atomic E-state index is 0.147. The predicted molar refractivity (Wildman–Crippen MR) is 139 cm³/mol. The van der Waals surface area contributed by atoms with Crippen LogP contribution in [0.15, 0.2) is 66.7 Å². The molecule has 0 amide bonds. The highest BCUT2D eigenvalue weighted by atomic mass is 19.1. The standard InChI is InChI=1S/C30H32FNO4/c1-19(32-13-12-21(16-31)17-32)18-35-26-9-6-22(7-10-26)30-29(23-4-3-5-24(33)14-23)20(2)27-15-25(34)8-11-28(27)36-30/h3-11,14-15,19,21,30,33-34H,12-13,16-18H2,1-2H3/t19?,21?,30-/m0/s1. The van der Waals surface area contributed by atoms with Crippen molar-refractivity contribution in [1.29, 1.82) is 0 Å². The van der Waals surface area contributed by atoms with E-state index >= 15 is 0 Å². The summed E-state index contributed by atoms with van der Waals surface area (Å²) in [4.78, 5) is 2.29. The van der Waals surface area contributed by atoms with E-state index in [1.807, 2.05) is 43.3 Å². The second-order valence-corrected chi connectivity index (χ2v) is 9.80. The smallest absolute Gasteiger partial charge is 0.150 e. The van der Waals surface area contributed by atoms with Crippen molar-refractivity contribution in [3.05, 3.63) is 83.4 Å². The Kier molecular flexibility index (Phi) is 6.88. The zero-order chi connectivity index (χ0) is 25.2. The largest absolute Gasteiger partial charge is 0.508 e. The molecule has 5 nitrogen and oxygen atoms in total. The van der Waals surface area contributed by atoms with Crippen molar-refractivity contribution in [3.63, 3.8) is 0 Å². The number of rotatable bonds is 7. The van der Waals surface area contributed by atoms with Gasteiger partial charge in [0, 0.05) is 29.6 Å². The molecule has 6 heteroatoms. The van der Waals surface area contributed by atoms with Crippen LogP contribution in [0.5, 0.6) is 23.0 Å². The molecule has 188 valence electrons. The van der Waals surface area contributed by atoms with Crippen molar-refractivity contribution < 1.29 is 24.1 Å². The Labute approximate surface area is 211 Å². The van der Waals surface area contributed by atoms with Gasteiger partial charge in [0.1, 0.15) is 35.7 Å². The van der Waals surface area contributed by atoms with Gasteiger partial charge < -0.3 is 19.7 Å². The first kappa shape index (κ1) is 24.2. The second-order valence-electron chi connectivity index (χ2n) is 9.80. The molecule has 0 bridgehead atoms. The highest BCUT2D eigenvalue weighted by Gasteiger charge is 2.30. The molecule has 3 aromatic carbocycles. The SMILES string of the molecule is CC1=C(c2cccc(O)c2)[C@H](c2ccc(OCC(C)N3CCC(CF)C3)cc2)Oc2ccc(O)cc21. The maximum absolute atomic E-state index is 13.0. The fourth-order valence-corrected chi connectivity index (χ4v) is 5.17. The quantitative estimate of drug-likeness (QED) is 0.413. The van der Waals surface area contributed by atoms with Crippen molar-refractivity contribution in [2.75, 3.05) is 26.4 Å². The van der Waals surface area contributed by atoms with Gasteiger partial charge in [0.15, 0.2) is 0 Å². The van der Waals surface area contributed by atoms with E-state index in [0.717, 1.165) is 53.1 Å². The van der Waals surface area contributed by atoms with Gasteiger partial charge in [-0.05, 0) is 86.0 Å². The van der Waals surface area contributed by atoms with E-state index in [1.165, 1.54) is 0 Å². The van der Waals surface area contributed by atoms with Gasteiger partial charge in [-0.3, -0.25) is 9.29 Å². The molecule has 5 rings (SSSR count). The van der Waals surface area contributed by atoms with Gasteiger partial charge in [0.2, 0.25) is 0 Å². The van der Waals surface area contributed by atoms with Gasteiger partial charge in [-0.15, -0.1) is 0 Å². The van der Waals surface area contributed by atoms with Crippen LogP contribution in [0.2, 0.25) is 0 Å². The number of likely N-dealkylation sites (tertiary alicyclic amines) is 1. The Balaban J connectivity index is 1.38. The molecule has 1 fully saturated rings. The van der Waals surface area contributed by atoms with Crippen LogP contribution >= 0.6 is 0 Å². The topological polar surface area (TPSA) is 62.2 Å². The molecule has 2 heterocycles. The Morgan fingerprint density at radius 2 is 1.83 bits per heavy atom. The number of halogens is 1. The number of allylic oxidation sites excluding steroid dienone is 1. The van der Waals surface area contributed by atoms with Crippen molar-refractivity contribution >= 4 is 11.1 Å². The molecule has 2 N–H and O–H groups in total. The van der Waals surface area contributed by atoms with E-state index in [0.29, 0.717) is 12.4 Å². The minimum atomic E-state index is -0.390. The third-order valence-corrected chi connectivity index (χ3v) is 7.27. The number of hydrogen-bond acceptors (Lipinski definition) is 5.